The van der Waals surface area contributed by atoms with Crippen LogP contribution in [0.2, 0.25) is 0 Å². The van der Waals surface area contributed by atoms with Gasteiger partial charge in [0.25, 0.3) is 0 Å². The molecule has 1 unspecified atom stereocenters. The largest absolute Gasteiger partial charge is 0.462 e. The van der Waals surface area contributed by atoms with Crippen LogP contribution in [0.15, 0.2) is 72.9 Å². The van der Waals surface area contributed by atoms with Crippen molar-refractivity contribution in [3.63, 3.8) is 0 Å². The zero-order chi connectivity index (χ0) is 45.1. The van der Waals surface area contributed by atoms with Gasteiger partial charge in [0.2, 0.25) is 0 Å². The lowest BCUT2D eigenvalue weighted by atomic mass is 10.1. The van der Waals surface area contributed by atoms with E-state index in [4.69, 9.17) is 14.2 Å². The number of hydrogen-bond acceptors (Lipinski definition) is 6. The first kappa shape index (κ1) is 58.9. The average molecular weight is 865 g/mol. The van der Waals surface area contributed by atoms with Gasteiger partial charge in [-0.05, 0) is 103 Å². The Balaban J connectivity index is 4.33. The van der Waals surface area contributed by atoms with Gasteiger partial charge in [0, 0.05) is 19.3 Å². The first-order chi connectivity index (χ1) is 30.5. The monoisotopic (exact) mass is 865 g/mol. The van der Waals surface area contributed by atoms with Crippen molar-refractivity contribution in [3.05, 3.63) is 72.9 Å². The Morgan fingerprint density at radius 2 is 0.629 bits per heavy atom. The van der Waals surface area contributed by atoms with Crippen LogP contribution < -0.4 is 0 Å². The first-order valence-corrected chi connectivity index (χ1v) is 25.9. The number of esters is 3. The molecule has 1 atom stereocenters. The Morgan fingerprint density at radius 1 is 0.339 bits per heavy atom. The molecule has 6 heteroatoms. The fraction of sp³-hybridized carbons (Fsp3) is 0.732. The molecule has 0 aromatic heterocycles. The number of hydrogen-bond donors (Lipinski definition) is 0. The molecule has 0 saturated carbocycles. The lowest BCUT2D eigenvalue weighted by Gasteiger charge is -2.18. The van der Waals surface area contributed by atoms with Crippen molar-refractivity contribution < 1.29 is 28.6 Å². The summed E-state index contributed by atoms with van der Waals surface area (Å²) >= 11 is 0. The maximum Gasteiger partial charge on any atom is 0.306 e. The Bertz CT molecular complexity index is 1180. The topological polar surface area (TPSA) is 78.9 Å². The second-order valence-corrected chi connectivity index (χ2v) is 17.0. The van der Waals surface area contributed by atoms with Gasteiger partial charge in [0.15, 0.2) is 6.10 Å². The summed E-state index contributed by atoms with van der Waals surface area (Å²) in [5, 5.41) is 0. The highest BCUT2D eigenvalue weighted by Gasteiger charge is 2.19. The summed E-state index contributed by atoms with van der Waals surface area (Å²) in [6.45, 7) is 6.36. The number of carbonyl (C=O) groups excluding carboxylic acids is 3. The van der Waals surface area contributed by atoms with Gasteiger partial charge in [0.05, 0.1) is 0 Å². The smallest absolute Gasteiger partial charge is 0.306 e. The minimum Gasteiger partial charge on any atom is -0.462 e. The normalized spacial score (nSPS) is 12.6. The summed E-state index contributed by atoms with van der Waals surface area (Å²) in [7, 11) is 0. The summed E-state index contributed by atoms with van der Waals surface area (Å²) in [6, 6.07) is 0. The van der Waals surface area contributed by atoms with Crippen LogP contribution in [-0.4, -0.2) is 37.2 Å². The second kappa shape index (κ2) is 50.5. The molecule has 0 saturated heterocycles. The van der Waals surface area contributed by atoms with Crippen molar-refractivity contribution in [3.8, 4) is 0 Å². The number of rotatable bonds is 46. The SMILES string of the molecule is CC/C=C\C/C=C\C/C=C\CCCCCCCCCCCC(=O)OCC(COC(=O)CCCC/C=C\C/C=C\CC)OC(=O)CCCCCCC/C=C\CCCCCCCCC. The minimum atomic E-state index is -0.793. The predicted molar refractivity (Wildman–Crippen MR) is 265 cm³/mol. The summed E-state index contributed by atoms with van der Waals surface area (Å²) < 4.78 is 16.7. The van der Waals surface area contributed by atoms with Gasteiger partial charge in [-0.15, -0.1) is 0 Å². The van der Waals surface area contributed by atoms with Crippen LogP contribution in [0.25, 0.3) is 0 Å². The molecule has 0 aliphatic heterocycles. The Morgan fingerprint density at radius 3 is 1.03 bits per heavy atom. The number of unbranched alkanes of at least 4 members (excludes halogenated alkanes) is 23. The van der Waals surface area contributed by atoms with Crippen LogP contribution in [0.4, 0.5) is 0 Å². The van der Waals surface area contributed by atoms with E-state index in [1.54, 1.807) is 0 Å². The molecule has 0 aromatic carbocycles. The van der Waals surface area contributed by atoms with Crippen molar-refractivity contribution >= 4 is 17.9 Å². The standard InChI is InChI=1S/C56H96O6/c1-4-7-10-13-16-19-21-23-25-27-28-29-31-32-34-37-40-43-46-49-55(58)61-52-53(51-60-54(57)48-45-42-39-36-18-15-12-9-6-3)62-56(59)50-47-44-41-38-35-33-30-26-24-22-20-17-14-11-8-5-2/h7,9-10,12,16,18-19,23,25-26,30,36,53H,4-6,8,11,13-15,17,20-22,24,27-29,31-35,37-52H2,1-3H3/b10-7-,12-9-,19-16-,25-23-,30-26-,36-18-. The van der Waals surface area contributed by atoms with E-state index < -0.39 is 6.10 Å². The molecule has 0 radical (unpaired) electrons. The van der Waals surface area contributed by atoms with Crippen LogP contribution >= 0.6 is 0 Å². The summed E-state index contributed by atoms with van der Waals surface area (Å²) in [6.07, 6.45) is 63.3. The molecule has 0 aromatic rings. The predicted octanol–water partition coefficient (Wildman–Crippen LogP) is 17.0. The minimum absolute atomic E-state index is 0.0919. The number of allylic oxidation sites excluding steroid dienone is 12. The van der Waals surface area contributed by atoms with Crippen molar-refractivity contribution in [2.75, 3.05) is 13.2 Å². The molecule has 62 heavy (non-hydrogen) atoms. The molecular formula is C56H96O6. The van der Waals surface area contributed by atoms with Crippen molar-refractivity contribution in [2.45, 2.75) is 252 Å². The quantitative estimate of drug-likeness (QED) is 0.0262. The van der Waals surface area contributed by atoms with E-state index in [9.17, 15) is 14.4 Å². The molecule has 0 rings (SSSR count). The van der Waals surface area contributed by atoms with Gasteiger partial charge >= 0.3 is 17.9 Å². The Labute approximate surface area is 382 Å². The highest BCUT2D eigenvalue weighted by molar-refractivity contribution is 5.71. The zero-order valence-corrected chi connectivity index (χ0v) is 40.6. The molecule has 0 N–H and O–H groups in total. The highest BCUT2D eigenvalue weighted by atomic mass is 16.6. The van der Waals surface area contributed by atoms with Gasteiger partial charge < -0.3 is 14.2 Å². The van der Waals surface area contributed by atoms with E-state index in [0.717, 1.165) is 103 Å². The second-order valence-electron chi connectivity index (χ2n) is 17.0. The molecule has 0 aliphatic rings. The van der Waals surface area contributed by atoms with Gasteiger partial charge in [-0.1, -0.05) is 196 Å². The van der Waals surface area contributed by atoms with Crippen molar-refractivity contribution in [1.29, 1.82) is 0 Å². The molecular weight excluding hydrogens is 769 g/mol. The van der Waals surface area contributed by atoms with Gasteiger partial charge in [-0.3, -0.25) is 14.4 Å². The molecule has 0 fully saturated rings. The van der Waals surface area contributed by atoms with Gasteiger partial charge in [0.1, 0.15) is 13.2 Å². The van der Waals surface area contributed by atoms with E-state index in [-0.39, 0.29) is 31.1 Å². The third kappa shape index (κ3) is 47.9. The molecule has 0 aliphatic carbocycles. The average Bonchev–Trinajstić information content (AvgIpc) is 3.27. The van der Waals surface area contributed by atoms with E-state index >= 15 is 0 Å². The fourth-order valence-electron chi connectivity index (χ4n) is 7.08. The van der Waals surface area contributed by atoms with E-state index in [1.165, 1.54) is 103 Å². The van der Waals surface area contributed by atoms with Crippen molar-refractivity contribution in [1.82, 2.24) is 0 Å². The third-order valence-corrected chi connectivity index (χ3v) is 10.9. The highest BCUT2D eigenvalue weighted by Crippen LogP contribution is 2.14. The van der Waals surface area contributed by atoms with E-state index in [0.29, 0.717) is 19.3 Å². The van der Waals surface area contributed by atoms with Crippen LogP contribution in [0.5, 0.6) is 0 Å². The number of carbonyl (C=O) groups is 3. The summed E-state index contributed by atoms with van der Waals surface area (Å²) in [4.78, 5) is 37.9. The van der Waals surface area contributed by atoms with E-state index in [1.807, 2.05) is 0 Å². The molecule has 0 spiro atoms. The Hall–Kier alpha value is -3.15. The van der Waals surface area contributed by atoms with Crippen LogP contribution in [0, 0.1) is 0 Å². The van der Waals surface area contributed by atoms with Crippen molar-refractivity contribution in [2.24, 2.45) is 0 Å². The zero-order valence-electron chi connectivity index (χ0n) is 40.6. The molecule has 6 nitrogen and oxygen atoms in total. The van der Waals surface area contributed by atoms with Crippen LogP contribution in [0.1, 0.15) is 245 Å². The molecule has 0 heterocycles. The van der Waals surface area contributed by atoms with Crippen LogP contribution in [0.3, 0.4) is 0 Å². The van der Waals surface area contributed by atoms with Gasteiger partial charge in [-0.2, -0.15) is 0 Å². The molecule has 0 amide bonds. The first-order valence-electron chi connectivity index (χ1n) is 25.9. The summed E-state index contributed by atoms with van der Waals surface area (Å²) in [5.41, 5.74) is 0. The van der Waals surface area contributed by atoms with E-state index in [2.05, 4.69) is 93.7 Å². The third-order valence-electron chi connectivity index (χ3n) is 10.9. The number of ether oxygens (including phenoxy) is 3. The fourth-order valence-corrected chi connectivity index (χ4v) is 7.08. The van der Waals surface area contributed by atoms with Gasteiger partial charge in [-0.25, -0.2) is 0 Å². The maximum absolute atomic E-state index is 12.8. The lowest BCUT2D eigenvalue weighted by Crippen LogP contribution is -2.30. The summed E-state index contributed by atoms with van der Waals surface area (Å²) in [5.74, 6) is -0.942. The maximum atomic E-state index is 12.8. The molecule has 0 bridgehead atoms. The molecule has 356 valence electrons. The van der Waals surface area contributed by atoms with Crippen LogP contribution in [-0.2, 0) is 28.6 Å². The lowest BCUT2D eigenvalue weighted by molar-refractivity contribution is -0.167. The Kier molecular flexibility index (Phi) is 47.9.